The number of nitrogens with one attached hydrogen (secondary N) is 1. The molecular weight excluding hydrogens is 479 g/mol. The minimum absolute atomic E-state index is 0.00153. The Hall–Kier alpha value is -2.82. The molecule has 4 nitrogen and oxygen atoms in total. The fourth-order valence-corrected chi connectivity index (χ4v) is 4.38. The normalized spacial score (nSPS) is 12.2. The summed E-state index contributed by atoms with van der Waals surface area (Å²) in [6.45, 7) is 8.09. The minimum Gasteiger partial charge on any atom is -0.350 e. The Kier molecular flexibility index (Phi) is 8.98. The number of aryl methyl sites for hydroxylation is 1. The van der Waals surface area contributed by atoms with Gasteiger partial charge >= 0.3 is 0 Å². The van der Waals surface area contributed by atoms with E-state index >= 15 is 0 Å². The second-order valence-corrected chi connectivity index (χ2v) is 10.6. The molecule has 0 heterocycles. The molecule has 0 aliphatic rings. The van der Waals surface area contributed by atoms with Crippen LogP contribution in [0, 0.1) is 6.92 Å². The molecule has 0 fully saturated rings. The largest absolute Gasteiger partial charge is 0.350 e. The van der Waals surface area contributed by atoms with Crippen molar-refractivity contribution in [1.82, 2.24) is 10.2 Å². The molecule has 184 valence electrons. The molecule has 1 atom stereocenters. The van der Waals surface area contributed by atoms with E-state index in [0.29, 0.717) is 22.0 Å². The van der Waals surface area contributed by atoms with Gasteiger partial charge in [0.2, 0.25) is 11.8 Å². The van der Waals surface area contributed by atoms with E-state index in [4.69, 9.17) is 23.2 Å². The number of benzene rings is 3. The number of carbonyl (C=O) groups is 2. The quantitative estimate of drug-likeness (QED) is 0.381. The topological polar surface area (TPSA) is 49.4 Å². The molecule has 0 radical (unpaired) electrons. The summed E-state index contributed by atoms with van der Waals surface area (Å²) >= 11 is 12.8. The van der Waals surface area contributed by atoms with Gasteiger partial charge in [-0.25, -0.2) is 0 Å². The summed E-state index contributed by atoms with van der Waals surface area (Å²) in [5, 5.41) is 3.93. The molecular formula is C29H32Cl2N2O2. The Bertz CT molecular complexity index is 1140. The van der Waals surface area contributed by atoms with Gasteiger partial charge in [-0.15, -0.1) is 0 Å². The van der Waals surface area contributed by atoms with Crippen molar-refractivity contribution in [3.8, 4) is 0 Å². The Labute approximate surface area is 218 Å². The lowest BCUT2D eigenvalue weighted by Crippen LogP contribution is -2.54. The van der Waals surface area contributed by atoms with Crippen LogP contribution in [0.15, 0.2) is 72.8 Å². The number of halogens is 2. The third-order valence-electron chi connectivity index (χ3n) is 5.63. The van der Waals surface area contributed by atoms with Crippen LogP contribution in [0.4, 0.5) is 0 Å². The average molecular weight is 511 g/mol. The molecule has 3 rings (SSSR count). The van der Waals surface area contributed by atoms with Gasteiger partial charge in [0.1, 0.15) is 6.04 Å². The van der Waals surface area contributed by atoms with Crippen molar-refractivity contribution < 1.29 is 9.59 Å². The van der Waals surface area contributed by atoms with Gasteiger partial charge in [-0.2, -0.15) is 0 Å². The Morgan fingerprint density at radius 1 is 0.857 bits per heavy atom. The smallest absolute Gasteiger partial charge is 0.243 e. The van der Waals surface area contributed by atoms with E-state index in [0.717, 1.165) is 16.7 Å². The maximum Gasteiger partial charge on any atom is 0.243 e. The molecule has 1 N–H and O–H groups in total. The van der Waals surface area contributed by atoms with Gasteiger partial charge in [-0.1, -0.05) is 89.4 Å². The SMILES string of the molecule is Cc1ccc(CN(C(=O)Cc2c(Cl)cccc2Cl)[C@H](Cc2ccccc2)C(=O)NC(C)(C)C)cc1. The molecule has 0 aliphatic heterocycles. The highest BCUT2D eigenvalue weighted by Crippen LogP contribution is 2.26. The molecule has 0 saturated carbocycles. The highest BCUT2D eigenvalue weighted by atomic mass is 35.5. The van der Waals surface area contributed by atoms with E-state index in [1.54, 1.807) is 23.1 Å². The first-order valence-corrected chi connectivity index (χ1v) is 12.4. The van der Waals surface area contributed by atoms with Crippen molar-refractivity contribution in [1.29, 1.82) is 0 Å². The van der Waals surface area contributed by atoms with Gasteiger partial charge in [0.25, 0.3) is 0 Å². The molecule has 3 aromatic rings. The van der Waals surface area contributed by atoms with Gasteiger partial charge < -0.3 is 10.2 Å². The Morgan fingerprint density at radius 2 is 1.46 bits per heavy atom. The summed E-state index contributed by atoms with van der Waals surface area (Å²) < 4.78 is 0. The van der Waals surface area contributed by atoms with Gasteiger partial charge in [0.05, 0.1) is 6.42 Å². The van der Waals surface area contributed by atoms with Crippen LogP contribution in [0.5, 0.6) is 0 Å². The van der Waals surface area contributed by atoms with E-state index in [1.807, 2.05) is 82.3 Å². The van der Waals surface area contributed by atoms with Crippen molar-refractivity contribution in [3.05, 3.63) is 105 Å². The van der Waals surface area contributed by atoms with Gasteiger partial charge in [0, 0.05) is 28.5 Å². The van der Waals surface area contributed by atoms with Crippen molar-refractivity contribution in [2.24, 2.45) is 0 Å². The van der Waals surface area contributed by atoms with Crippen LogP contribution < -0.4 is 5.32 Å². The average Bonchev–Trinajstić information content (AvgIpc) is 2.79. The maximum absolute atomic E-state index is 13.8. The summed E-state index contributed by atoms with van der Waals surface area (Å²) in [4.78, 5) is 29.1. The van der Waals surface area contributed by atoms with Crippen LogP contribution in [0.2, 0.25) is 10.0 Å². The van der Waals surface area contributed by atoms with Crippen LogP contribution in [-0.4, -0.2) is 28.3 Å². The minimum atomic E-state index is -0.716. The van der Waals surface area contributed by atoms with E-state index in [-0.39, 0.29) is 24.8 Å². The predicted octanol–water partition coefficient (Wildman–Crippen LogP) is 6.40. The Morgan fingerprint density at radius 3 is 2.03 bits per heavy atom. The van der Waals surface area contributed by atoms with Crippen LogP contribution in [0.3, 0.4) is 0 Å². The molecule has 0 aliphatic carbocycles. The molecule has 0 bridgehead atoms. The summed E-state index contributed by atoms with van der Waals surface area (Å²) in [5.41, 5.74) is 3.15. The summed E-state index contributed by atoms with van der Waals surface area (Å²) in [6, 6.07) is 22.2. The number of hydrogen-bond donors (Lipinski definition) is 1. The summed E-state index contributed by atoms with van der Waals surface area (Å²) in [6.07, 6.45) is 0.384. The third-order valence-corrected chi connectivity index (χ3v) is 6.34. The number of rotatable bonds is 8. The molecule has 2 amide bonds. The van der Waals surface area contributed by atoms with Gasteiger partial charge in [-0.3, -0.25) is 9.59 Å². The molecule has 0 unspecified atom stereocenters. The molecule has 0 aromatic heterocycles. The second-order valence-electron chi connectivity index (χ2n) is 9.83. The zero-order valence-corrected chi connectivity index (χ0v) is 22.2. The lowest BCUT2D eigenvalue weighted by Gasteiger charge is -2.34. The van der Waals surface area contributed by atoms with E-state index in [9.17, 15) is 9.59 Å². The first kappa shape index (κ1) is 26.8. The molecule has 3 aromatic carbocycles. The third kappa shape index (κ3) is 7.84. The highest BCUT2D eigenvalue weighted by molar-refractivity contribution is 6.36. The van der Waals surface area contributed by atoms with Crippen molar-refractivity contribution in [2.75, 3.05) is 0 Å². The van der Waals surface area contributed by atoms with Crippen LogP contribution >= 0.6 is 23.2 Å². The van der Waals surface area contributed by atoms with E-state index < -0.39 is 11.6 Å². The first-order valence-electron chi connectivity index (χ1n) is 11.7. The van der Waals surface area contributed by atoms with Crippen LogP contribution in [0.1, 0.15) is 43.0 Å². The highest BCUT2D eigenvalue weighted by Gasteiger charge is 2.32. The number of hydrogen-bond acceptors (Lipinski definition) is 2. The van der Waals surface area contributed by atoms with E-state index in [2.05, 4.69) is 5.32 Å². The fourth-order valence-electron chi connectivity index (χ4n) is 3.85. The second kappa shape index (κ2) is 11.7. The number of nitrogens with zero attached hydrogens (tertiary/aromatic N) is 1. The zero-order valence-electron chi connectivity index (χ0n) is 20.6. The summed E-state index contributed by atoms with van der Waals surface area (Å²) in [7, 11) is 0. The Balaban J connectivity index is 2.02. The molecule has 0 spiro atoms. The van der Waals surface area contributed by atoms with Crippen molar-refractivity contribution in [2.45, 2.75) is 58.7 Å². The van der Waals surface area contributed by atoms with Gasteiger partial charge in [-0.05, 0) is 56.5 Å². The molecule has 35 heavy (non-hydrogen) atoms. The van der Waals surface area contributed by atoms with E-state index in [1.165, 1.54) is 0 Å². The monoisotopic (exact) mass is 510 g/mol. The number of amides is 2. The predicted molar refractivity (Wildman–Crippen MR) is 144 cm³/mol. The fraction of sp³-hybridized carbons (Fsp3) is 0.310. The molecule has 0 saturated heterocycles. The van der Waals surface area contributed by atoms with Crippen molar-refractivity contribution >= 4 is 35.0 Å². The number of carbonyl (C=O) groups excluding carboxylic acids is 2. The maximum atomic E-state index is 13.8. The zero-order chi connectivity index (χ0) is 25.6. The van der Waals surface area contributed by atoms with Gasteiger partial charge in [0.15, 0.2) is 0 Å². The lowest BCUT2D eigenvalue weighted by atomic mass is 9.99. The first-order chi connectivity index (χ1) is 16.5. The van der Waals surface area contributed by atoms with Crippen LogP contribution in [0.25, 0.3) is 0 Å². The lowest BCUT2D eigenvalue weighted by molar-refractivity contribution is -0.141. The molecule has 6 heteroatoms. The standard InChI is InChI=1S/C29H32Cl2N2O2/c1-20-13-15-22(16-14-20)19-33(27(34)18-23-24(30)11-8-12-25(23)31)26(28(35)32-29(2,3)4)17-21-9-6-5-7-10-21/h5-16,26H,17-19H2,1-4H3,(H,32,35)/t26-/m1/s1. The van der Waals surface area contributed by atoms with Crippen LogP contribution in [-0.2, 0) is 29.0 Å². The van der Waals surface area contributed by atoms with Crippen molar-refractivity contribution in [3.63, 3.8) is 0 Å². The summed E-state index contributed by atoms with van der Waals surface area (Å²) in [5.74, 6) is -0.419.